The molecule has 1 heterocycles. The first kappa shape index (κ1) is 13.6. The van der Waals surface area contributed by atoms with Gasteiger partial charge in [0.1, 0.15) is 4.60 Å². The molecule has 17 heavy (non-hydrogen) atoms. The maximum Gasteiger partial charge on any atom is 0.373 e. The molecular formula is C10H11BrN2O4. The number of aliphatic hydroxyl groups excluding tert-OH is 1. The Morgan fingerprint density at radius 1 is 1.76 bits per heavy atom. The predicted octanol–water partition coefficient (Wildman–Crippen LogP) is 0.999. The van der Waals surface area contributed by atoms with E-state index in [0.717, 1.165) is 6.08 Å². The summed E-state index contributed by atoms with van der Waals surface area (Å²) in [6.45, 7) is 1.79. The standard InChI is InChI=1S/C10H11BrN2O4/c1-2-17-10(15)8(14)3-6-4-9(11)12-5-7(6)13-16/h3-5,14H,2,13H2,1H3/b8-3+. The van der Waals surface area contributed by atoms with E-state index in [-0.39, 0.29) is 12.3 Å². The summed E-state index contributed by atoms with van der Waals surface area (Å²) in [7, 11) is 0. The van der Waals surface area contributed by atoms with Crippen molar-refractivity contribution in [3.05, 3.63) is 33.4 Å². The zero-order valence-corrected chi connectivity index (χ0v) is 10.6. The minimum Gasteiger partial charge on any atom is -0.630 e. The number of hydrogen-bond acceptors (Lipinski definition) is 5. The molecule has 1 aromatic rings. The lowest BCUT2D eigenvalue weighted by Gasteiger charge is -2.06. The zero-order chi connectivity index (χ0) is 12.8. The van der Waals surface area contributed by atoms with Crippen molar-refractivity contribution in [2.24, 2.45) is 0 Å². The van der Waals surface area contributed by atoms with Crippen molar-refractivity contribution in [2.75, 3.05) is 6.61 Å². The number of carbonyl (C=O) groups excluding carboxylic acids is 1. The molecule has 3 N–H and O–H groups in total. The van der Waals surface area contributed by atoms with Gasteiger partial charge in [0, 0.05) is 11.6 Å². The van der Waals surface area contributed by atoms with Crippen molar-refractivity contribution >= 4 is 33.7 Å². The summed E-state index contributed by atoms with van der Waals surface area (Å²) in [6, 6.07) is 1.51. The van der Waals surface area contributed by atoms with Crippen LogP contribution in [0.25, 0.3) is 6.08 Å². The molecule has 6 nitrogen and oxygen atoms in total. The Hall–Kier alpha value is -1.44. The van der Waals surface area contributed by atoms with Crippen LogP contribution in [0.1, 0.15) is 12.5 Å². The fourth-order valence-electron chi connectivity index (χ4n) is 1.09. The molecule has 0 unspecified atom stereocenters. The maximum absolute atomic E-state index is 11.2. The van der Waals surface area contributed by atoms with Crippen LogP contribution in [-0.4, -0.2) is 22.7 Å². The summed E-state index contributed by atoms with van der Waals surface area (Å²) in [5, 5.41) is 20.2. The fourth-order valence-corrected chi connectivity index (χ4v) is 1.44. The van der Waals surface area contributed by atoms with Gasteiger partial charge in [-0.2, -0.15) is 0 Å². The highest BCUT2D eigenvalue weighted by molar-refractivity contribution is 9.10. The summed E-state index contributed by atoms with van der Waals surface area (Å²) >= 11 is 3.13. The lowest BCUT2D eigenvalue weighted by atomic mass is 10.2. The Kier molecular flexibility index (Phi) is 5.08. The number of hydrogen-bond donors (Lipinski definition) is 2. The molecule has 0 aliphatic heterocycles. The van der Waals surface area contributed by atoms with Crippen LogP contribution in [0.3, 0.4) is 0 Å². The smallest absolute Gasteiger partial charge is 0.373 e. The molecular weight excluding hydrogens is 292 g/mol. The molecule has 0 amide bonds. The average Bonchev–Trinajstić information content (AvgIpc) is 2.29. The van der Waals surface area contributed by atoms with Crippen LogP contribution in [0.4, 0.5) is 5.69 Å². The van der Waals surface area contributed by atoms with E-state index in [0.29, 0.717) is 15.6 Å². The van der Waals surface area contributed by atoms with Gasteiger partial charge in [-0.05, 0) is 28.9 Å². The van der Waals surface area contributed by atoms with Gasteiger partial charge < -0.3 is 20.5 Å². The molecule has 0 saturated carbocycles. The van der Waals surface area contributed by atoms with Crippen LogP contribution in [0.2, 0.25) is 0 Å². The number of rotatable bonds is 4. The van der Waals surface area contributed by atoms with Crippen LogP contribution in [0.15, 0.2) is 22.6 Å². The van der Waals surface area contributed by atoms with Gasteiger partial charge in [-0.25, -0.2) is 9.78 Å². The third-order valence-corrected chi connectivity index (χ3v) is 2.27. The normalized spacial score (nSPS) is 11.4. The van der Waals surface area contributed by atoms with E-state index in [1.807, 2.05) is 0 Å². The SMILES string of the molecule is CCOC(=O)/C(O)=C\c1cc(Br)ncc1[NH2+][O-]. The highest BCUT2D eigenvalue weighted by Crippen LogP contribution is 2.17. The fraction of sp³-hybridized carbons (Fsp3) is 0.200. The second-order valence-electron chi connectivity index (χ2n) is 3.00. The molecule has 0 aromatic carbocycles. The summed E-state index contributed by atoms with van der Waals surface area (Å²) in [5.74, 6) is -1.40. The highest BCUT2D eigenvalue weighted by atomic mass is 79.9. The van der Waals surface area contributed by atoms with Crippen LogP contribution in [0, 0.1) is 5.21 Å². The third kappa shape index (κ3) is 3.81. The molecule has 0 bridgehead atoms. The Bertz CT molecular complexity index is 448. The number of quaternary nitrogens is 1. The molecule has 0 fully saturated rings. The van der Waals surface area contributed by atoms with Crippen molar-refractivity contribution in [3.8, 4) is 0 Å². The van der Waals surface area contributed by atoms with Crippen LogP contribution in [-0.2, 0) is 9.53 Å². The number of esters is 1. The van der Waals surface area contributed by atoms with Gasteiger partial charge in [0.25, 0.3) is 0 Å². The van der Waals surface area contributed by atoms with E-state index in [1.54, 1.807) is 6.92 Å². The van der Waals surface area contributed by atoms with E-state index in [9.17, 15) is 15.1 Å². The minimum atomic E-state index is -0.836. The third-order valence-electron chi connectivity index (χ3n) is 1.84. The summed E-state index contributed by atoms with van der Waals surface area (Å²) < 4.78 is 5.10. The minimum absolute atomic E-state index is 0.164. The largest absolute Gasteiger partial charge is 0.630 e. The topological polar surface area (TPSA) is 99.1 Å². The molecule has 1 aromatic heterocycles. The molecule has 0 spiro atoms. The van der Waals surface area contributed by atoms with Crippen molar-refractivity contribution in [1.82, 2.24) is 4.98 Å². The number of aromatic nitrogens is 1. The molecule has 7 heteroatoms. The van der Waals surface area contributed by atoms with Gasteiger partial charge in [0.05, 0.1) is 12.8 Å². The molecule has 0 radical (unpaired) electrons. The summed E-state index contributed by atoms with van der Waals surface area (Å²) in [4.78, 5) is 15.0. The Morgan fingerprint density at radius 3 is 3.06 bits per heavy atom. The summed E-state index contributed by atoms with van der Waals surface area (Å²) in [6.07, 6.45) is 2.50. The number of ether oxygens (including phenoxy) is 1. The van der Waals surface area contributed by atoms with Crippen LogP contribution in [0.5, 0.6) is 0 Å². The van der Waals surface area contributed by atoms with Crippen molar-refractivity contribution in [2.45, 2.75) is 6.92 Å². The molecule has 0 saturated heterocycles. The van der Waals surface area contributed by atoms with Gasteiger partial charge in [0.15, 0.2) is 5.69 Å². The number of nitrogens with two attached hydrogens (primary N) is 1. The number of aliphatic hydroxyl groups is 1. The number of pyridine rings is 1. The van der Waals surface area contributed by atoms with Gasteiger partial charge in [-0.3, -0.25) is 0 Å². The Morgan fingerprint density at radius 2 is 2.47 bits per heavy atom. The predicted molar refractivity (Wildman–Crippen MR) is 64.1 cm³/mol. The molecule has 1 rings (SSSR count). The lowest BCUT2D eigenvalue weighted by molar-refractivity contribution is -0.497. The Balaban J connectivity index is 3.03. The van der Waals surface area contributed by atoms with E-state index in [2.05, 4.69) is 25.7 Å². The molecule has 0 aliphatic carbocycles. The second-order valence-corrected chi connectivity index (χ2v) is 3.82. The number of halogens is 1. The molecule has 92 valence electrons. The molecule has 0 aliphatic rings. The van der Waals surface area contributed by atoms with Gasteiger partial charge in [0.2, 0.25) is 5.76 Å². The van der Waals surface area contributed by atoms with Gasteiger partial charge in [-0.15, -0.1) is 0 Å². The van der Waals surface area contributed by atoms with Crippen LogP contribution >= 0.6 is 15.9 Å². The van der Waals surface area contributed by atoms with Crippen molar-refractivity contribution < 1.29 is 20.1 Å². The van der Waals surface area contributed by atoms with Crippen LogP contribution < -0.4 is 5.48 Å². The first-order valence-corrected chi connectivity index (χ1v) is 5.56. The highest BCUT2D eigenvalue weighted by Gasteiger charge is 2.11. The monoisotopic (exact) mass is 302 g/mol. The summed E-state index contributed by atoms with van der Waals surface area (Å²) in [5.41, 5.74) is 1.24. The molecule has 0 atom stereocenters. The first-order chi connectivity index (χ1) is 8.08. The van der Waals surface area contributed by atoms with E-state index < -0.39 is 11.7 Å². The number of carbonyl (C=O) groups is 1. The zero-order valence-electron chi connectivity index (χ0n) is 9.01. The van der Waals surface area contributed by atoms with E-state index >= 15 is 0 Å². The second kappa shape index (κ2) is 6.33. The van der Waals surface area contributed by atoms with Crippen molar-refractivity contribution in [3.63, 3.8) is 0 Å². The van der Waals surface area contributed by atoms with E-state index in [4.69, 9.17) is 0 Å². The maximum atomic E-state index is 11.2. The number of nitrogens with zero attached hydrogens (tertiary/aromatic N) is 1. The lowest BCUT2D eigenvalue weighted by Crippen LogP contribution is -2.70. The van der Waals surface area contributed by atoms with Gasteiger partial charge >= 0.3 is 5.97 Å². The average molecular weight is 303 g/mol. The van der Waals surface area contributed by atoms with Gasteiger partial charge in [-0.1, -0.05) is 0 Å². The van der Waals surface area contributed by atoms with Crippen molar-refractivity contribution in [1.29, 1.82) is 0 Å². The quantitative estimate of drug-likeness (QED) is 0.284. The van der Waals surface area contributed by atoms with E-state index in [1.165, 1.54) is 12.3 Å². The first-order valence-electron chi connectivity index (χ1n) is 4.77. The Labute approximate surface area is 106 Å².